The van der Waals surface area contributed by atoms with Gasteiger partial charge in [0.1, 0.15) is 5.82 Å². The van der Waals surface area contributed by atoms with Gasteiger partial charge in [0.2, 0.25) is 15.7 Å². The predicted octanol–water partition coefficient (Wildman–Crippen LogP) is 5.28. The minimum atomic E-state index is -4.44. The lowest BCUT2D eigenvalue weighted by Gasteiger charge is -2.18. The van der Waals surface area contributed by atoms with Crippen molar-refractivity contribution in [2.45, 2.75) is 49.8 Å². The third kappa shape index (κ3) is 5.38. The van der Waals surface area contributed by atoms with E-state index in [0.29, 0.717) is 29.7 Å². The number of rotatable bonds is 8. The van der Waals surface area contributed by atoms with Gasteiger partial charge in [0, 0.05) is 18.8 Å². The van der Waals surface area contributed by atoms with Crippen molar-refractivity contribution in [2.24, 2.45) is 0 Å². The molecule has 0 fully saturated rings. The van der Waals surface area contributed by atoms with Gasteiger partial charge in [0.05, 0.1) is 22.2 Å². The second kappa shape index (κ2) is 11.5. The van der Waals surface area contributed by atoms with E-state index in [1.165, 1.54) is 16.7 Å². The molecule has 0 atom stereocenters. The van der Waals surface area contributed by atoms with E-state index in [9.17, 15) is 23.6 Å². The van der Waals surface area contributed by atoms with Crippen LogP contribution in [0.1, 0.15) is 49.2 Å². The van der Waals surface area contributed by atoms with E-state index in [2.05, 4.69) is 16.0 Å². The van der Waals surface area contributed by atoms with Crippen LogP contribution >= 0.6 is 0 Å². The van der Waals surface area contributed by atoms with Crippen molar-refractivity contribution >= 4 is 15.5 Å². The Morgan fingerprint density at radius 3 is 2.54 bits per heavy atom. The molecule has 0 saturated carbocycles. The molecule has 198 valence electrons. The zero-order valence-electron chi connectivity index (χ0n) is 21.9. The molecule has 0 unspecified atom stereocenters. The van der Waals surface area contributed by atoms with Gasteiger partial charge in [-0.25, -0.2) is 8.42 Å². The van der Waals surface area contributed by atoms with Crippen LogP contribution in [0, 0.1) is 18.3 Å². The number of benzene rings is 2. The van der Waals surface area contributed by atoms with Crippen LogP contribution in [0.25, 0.3) is 16.8 Å². The van der Waals surface area contributed by atoms with Crippen LogP contribution in [0.4, 0.5) is 0 Å². The predicted molar refractivity (Wildman–Crippen MR) is 149 cm³/mol. The molecular weight excluding hydrogens is 512 g/mol. The van der Waals surface area contributed by atoms with Gasteiger partial charge in [0.25, 0.3) is 5.56 Å². The number of allylic oxidation sites excluding steroid dienone is 1. The maximum atomic E-state index is 13.9. The Morgan fingerprint density at radius 2 is 1.90 bits per heavy atom. The molecular formula is C30H28N4O4S. The second-order valence-corrected chi connectivity index (χ2v) is 10.9. The SMILES string of the molecule is C/C=C(/c1cccc(C#N)c1)n1c(CCCC)nc(O)c(S(=O)(=O)c2ccc(-c3ccncc3C)cc2)c1=O. The molecule has 2 aromatic carbocycles. The summed E-state index contributed by atoms with van der Waals surface area (Å²) < 4.78 is 28.7. The van der Waals surface area contributed by atoms with Gasteiger partial charge in [-0.3, -0.25) is 14.3 Å². The lowest BCUT2D eigenvalue weighted by Crippen LogP contribution is -2.30. The number of aromatic hydroxyl groups is 1. The quantitative estimate of drug-likeness (QED) is 0.322. The van der Waals surface area contributed by atoms with Crippen LogP contribution in [0.5, 0.6) is 5.88 Å². The fraction of sp³-hybridized carbons (Fsp3) is 0.200. The number of pyridine rings is 1. The highest BCUT2D eigenvalue weighted by molar-refractivity contribution is 7.91. The van der Waals surface area contributed by atoms with Crippen molar-refractivity contribution < 1.29 is 13.5 Å². The highest BCUT2D eigenvalue weighted by Gasteiger charge is 2.30. The molecule has 1 N–H and O–H groups in total. The van der Waals surface area contributed by atoms with Gasteiger partial charge in [-0.05, 0) is 72.9 Å². The van der Waals surface area contributed by atoms with Crippen molar-refractivity contribution in [1.82, 2.24) is 14.5 Å². The van der Waals surface area contributed by atoms with Crippen molar-refractivity contribution in [3.05, 3.63) is 106 Å². The second-order valence-electron chi connectivity index (χ2n) is 9.01. The third-order valence-electron chi connectivity index (χ3n) is 6.41. The van der Waals surface area contributed by atoms with Crippen LogP contribution in [-0.4, -0.2) is 28.1 Å². The Morgan fingerprint density at radius 1 is 1.15 bits per heavy atom. The maximum Gasteiger partial charge on any atom is 0.281 e. The number of unbranched alkanes of at least 4 members (excludes halogenated alkanes) is 1. The summed E-state index contributed by atoms with van der Waals surface area (Å²) in [5.41, 5.74) is 3.02. The molecule has 2 aromatic heterocycles. The summed E-state index contributed by atoms with van der Waals surface area (Å²) in [4.78, 5) is 21.3. The molecule has 0 aliphatic heterocycles. The van der Waals surface area contributed by atoms with E-state index < -0.39 is 26.2 Å². The Hall–Kier alpha value is -4.55. The van der Waals surface area contributed by atoms with Crippen molar-refractivity contribution in [1.29, 1.82) is 5.26 Å². The minimum absolute atomic E-state index is 0.145. The number of nitriles is 1. The molecule has 2 heterocycles. The van der Waals surface area contributed by atoms with Crippen LogP contribution < -0.4 is 5.56 Å². The number of sulfone groups is 1. The molecule has 9 heteroatoms. The van der Waals surface area contributed by atoms with E-state index in [4.69, 9.17) is 0 Å². The first-order valence-corrected chi connectivity index (χ1v) is 14.0. The largest absolute Gasteiger partial charge is 0.492 e. The smallest absolute Gasteiger partial charge is 0.281 e. The summed E-state index contributed by atoms with van der Waals surface area (Å²) in [6.07, 6.45) is 6.85. The summed E-state index contributed by atoms with van der Waals surface area (Å²) >= 11 is 0. The van der Waals surface area contributed by atoms with E-state index in [0.717, 1.165) is 23.1 Å². The fourth-order valence-corrected chi connectivity index (χ4v) is 5.76. The average molecular weight is 541 g/mol. The van der Waals surface area contributed by atoms with Gasteiger partial charge in [0.15, 0.2) is 4.90 Å². The normalized spacial score (nSPS) is 11.8. The third-order valence-corrected chi connectivity index (χ3v) is 8.20. The van der Waals surface area contributed by atoms with Gasteiger partial charge >= 0.3 is 0 Å². The van der Waals surface area contributed by atoms with E-state index in [1.54, 1.807) is 61.8 Å². The fourth-order valence-electron chi connectivity index (χ4n) is 4.43. The highest BCUT2D eigenvalue weighted by Crippen LogP contribution is 2.30. The summed E-state index contributed by atoms with van der Waals surface area (Å²) in [6, 6.07) is 16.7. The molecule has 8 nitrogen and oxygen atoms in total. The summed E-state index contributed by atoms with van der Waals surface area (Å²) in [5, 5.41) is 20.2. The first-order chi connectivity index (χ1) is 18.7. The average Bonchev–Trinajstić information content (AvgIpc) is 2.94. The van der Waals surface area contributed by atoms with Crippen molar-refractivity contribution in [2.75, 3.05) is 0 Å². The van der Waals surface area contributed by atoms with Crippen LogP contribution in [0.2, 0.25) is 0 Å². The van der Waals surface area contributed by atoms with Gasteiger partial charge < -0.3 is 5.11 Å². The molecule has 0 bridgehead atoms. The lowest BCUT2D eigenvalue weighted by molar-refractivity contribution is 0.425. The van der Waals surface area contributed by atoms with E-state index >= 15 is 0 Å². The number of hydrogen-bond acceptors (Lipinski definition) is 7. The van der Waals surface area contributed by atoms with Crippen LogP contribution in [-0.2, 0) is 16.3 Å². The van der Waals surface area contributed by atoms with E-state index in [-0.39, 0.29) is 10.7 Å². The van der Waals surface area contributed by atoms with Crippen molar-refractivity contribution in [3.8, 4) is 23.1 Å². The monoisotopic (exact) mass is 540 g/mol. The summed E-state index contributed by atoms with van der Waals surface area (Å²) in [7, 11) is -4.44. The molecule has 0 amide bonds. The molecule has 0 radical (unpaired) electrons. The molecule has 0 aliphatic rings. The Bertz CT molecular complexity index is 1770. The van der Waals surface area contributed by atoms with Crippen molar-refractivity contribution in [3.63, 3.8) is 0 Å². The van der Waals surface area contributed by atoms with Gasteiger partial charge in [-0.2, -0.15) is 10.2 Å². The van der Waals surface area contributed by atoms with E-state index in [1.807, 2.05) is 19.9 Å². The lowest BCUT2D eigenvalue weighted by atomic mass is 10.0. The first kappa shape index (κ1) is 27.5. The number of aryl methyl sites for hydroxylation is 2. The first-order valence-electron chi connectivity index (χ1n) is 12.5. The topological polar surface area (TPSA) is 126 Å². The zero-order valence-corrected chi connectivity index (χ0v) is 22.7. The molecule has 0 aliphatic carbocycles. The standard InChI is InChI=1S/C30H28N4O4S/c1-4-6-10-27-33-29(35)28(30(36)34(27)26(5-2)23-9-7-8-21(17-23)18-31)39(37,38)24-13-11-22(12-14-24)25-15-16-32-19-20(25)3/h5,7-9,11-17,19,35H,4,6,10H2,1-3H3/b26-5-. The molecule has 39 heavy (non-hydrogen) atoms. The maximum absolute atomic E-state index is 13.9. The molecule has 4 aromatic rings. The van der Waals surface area contributed by atoms with Crippen LogP contribution in [0.3, 0.4) is 0 Å². The number of nitrogens with zero attached hydrogens (tertiary/aromatic N) is 4. The molecule has 4 rings (SSSR count). The molecule has 0 saturated heterocycles. The number of hydrogen-bond donors (Lipinski definition) is 1. The minimum Gasteiger partial charge on any atom is -0.492 e. The summed E-state index contributed by atoms with van der Waals surface area (Å²) in [5.74, 6) is -0.602. The van der Waals surface area contributed by atoms with Gasteiger partial charge in [-0.15, -0.1) is 0 Å². The van der Waals surface area contributed by atoms with Crippen LogP contribution in [0.15, 0.2) is 87.7 Å². The Kier molecular flexibility index (Phi) is 8.07. The number of aromatic nitrogens is 3. The Balaban J connectivity index is 1.90. The summed E-state index contributed by atoms with van der Waals surface area (Å²) in [6.45, 7) is 5.60. The van der Waals surface area contributed by atoms with Gasteiger partial charge in [-0.1, -0.05) is 43.7 Å². The molecule has 0 spiro atoms. The zero-order chi connectivity index (χ0) is 28.2. The Labute approximate surface area is 227 Å². The highest BCUT2D eigenvalue weighted by atomic mass is 32.2.